The molecular weight excluding hydrogens is 326 g/mol. The Morgan fingerprint density at radius 2 is 2.05 bits per heavy atom. The average Bonchev–Trinajstić information content (AvgIpc) is 2.86. The van der Waals surface area contributed by atoms with Crippen molar-refractivity contribution in [1.29, 1.82) is 0 Å². The van der Waals surface area contributed by atoms with Gasteiger partial charge in [0, 0.05) is 24.3 Å². The molecule has 1 aromatic heterocycles. The van der Waals surface area contributed by atoms with Crippen LogP contribution in [0.3, 0.4) is 0 Å². The lowest BCUT2D eigenvalue weighted by Gasteiger charge is -2.05. The molecule has 0 unspecified atom stereocenters. The molecule has 0 spiro atoms. The summed E-state index contributed by atoms with van der Waals surface area (Å²) in [6, 6.07) is 6.99. The number of nitrogens with zero attached hydrogens (tertiary/aromatic N) is 2. The molecule has 6 nitrogen and oxygen atoms in total. The number of halogens is 1. The number of hydrogen-bond acceptors (Lipinski definition) is 4. The number of aryl methyl sites for hydroxylation is 1. The molecule has 0 saturated carbocycles. The maximum Gasteiger partial charge on any atom is 0.267 e. The maximum atomic E-state index is 12.0. The summed E-state index contributed by atoms with van der Waals surface area (Å²) < 4.78 is 27.3. The Kier molecular flexibility index (Phi) is 4.68. The topological polar surface area (TPSA) is 81.1 Å². The Morgan fingerprint density at radius 1 is 1.36 bits per heavy atom. The molecule has 0 aliphatic heterocycles. The number of hydrogen-bond donors (Lipinski definition) is 1. The lowest BCUT2D eigenvalue weighted by atomic mass is 10.1. The molecule has 2 rings (SSSR count). The van der Waals surface area contributed by atoms with Crippen LogP contribution < -0.4 is 4.72 Å². The first-order chi connectivity index (χ1) is 10.3. The van der Waals surface area contributed by atoms with E-state index in [9.17, 15) is 13.2 Å². The predicted molar refractivity (Wildman–Crippen MR) is 83.6 cm³/mol. The summed E-state index contributed by atoms with van der Waals surface area (Å²) in [4.78, 5) is 11.8. The second-order valence-electron chi connectivity index (χ2n) is 4.63. The van der Waals surface area contributed by atoms with Crippen molar-refractivity contribution in [3.63, 3.8) is 0 Å². The van der Waals surface area contributed by atoms with Crippen LogP contribution in [0.2, 0.25) is 5.02 Å². The average molecular weight is 340 g/mol. The van der Waals surface area contributed by atoms with Crippen molar-refractivity contribution in [2.75, 3.05) is 0 Å². The minimum absolute atomic E-state index is 0.0767. The zero-order valence-electron chi connectivity index (χ0n) is 11.9. The van der Waals surface area contributed by atoms with Crippen LogP contribution in [0.4, 0.5) is 0 Å². The van der Waals surface area contributed by atoms with E-state index >= 15 is 0 Å². The van der Waals surface area contributed by atoms with Gasteiger partial charge in [-0.15, -0.1) is 0 Å². The smallest absolute Gasteiger partial charge is 0.267 e. The first kappa shape index (κ1) is 16.3. The van der Waals surface area contributed by atoms with Crippen LogP contribution in [-0.4, -0.2) is 24.1 Å². The highest BCUT2D eigenvalue weighted by Crippen LogP contribution is 2.22. The number of nitrogens with one attached hydrogen (secondary N) is 1. The van der Waals surface area contributed by atoms with E-state index in [1.807, 2.05) is 4.72 Å². The molecule has 116 valence electrons. The van der Waals surface area contributed by atoms with E-state index < -0.39 is 15.9 Å². The van der Waals surface area contributed by atoms with E-state index in [0.29, 0.717) is 16.2 Å². The zero-order chi connectivity index (χ0) is 16.3. The van der Waals surface area contributed by atoms with Gasteiger partial charge in [0.1, 0.15) is 4.90 Å². The van der Waals surface area contributed by atoms with Gasteiger partial charge in [0.15, 0.2) is 0 Å². The van der Waals surface area contributed by atoms with Gasteiger partial charge in [0.2, 0.25) is 0 Å². The van der Waals surface area contributed by atoms with Gasteiger partial charge in [-0.25, -0.2) is 13.1 Å². The van der Waals surface area contributed by atoms with Crippen molar-refractivity contribution in [1.82, 2.24) is 14.5 Å². The van der Waals surface area contributed by atoms with Gasteiger partial charge in [-0.2, -0.15) is 5.10 Å². The highest BCUT2D eigenvalue weighted by atomic mass is 35.5. The molecule has 1 N–H and O–H groups in total. The standard InChI is InChI=1S/C14H14ClN3O3S/c1-10(12-5-3-4-6-13(12)15)7-14(19)17-22(20,21)11-8-16-18(2)9-11/h3-9H,1-2H3,(H,17,19)/b10-7-. The fraction of sp³-hybridized carbons (Fsp3) is 0.143. The van der Waals surface area contributed by atoms with E-state index in [1.54, 1.807) is 38.2 Å². The molecule has 1 heterocycles. The van der Waals surface area contributed by atoms with Crippen LogP contribution in [0.25, 0.3) is 5.57 Å². The van der Waals surface area contributed by atoms with Crippen LogP contribution in [0.5, 0.6) is 0 Å². The summed E-state index contributed by atoms with van der Waals surface area (Å²) >= 11 is 6.03. The second kappa shape index (κ2) is 6.33. The third kappa shape index (κ3) is 3.75. The number of carbonyl (C=O) groups excluding carboxylic acids is 1. The Morgan fingerprint density at radius 3 is 2.64 bits per heavy atom. The van der Waals surface area contributed by atoms with E-state index in [2.05, 4.69) is 5.10 Å². The van der Waals surface area contributed by atoms with Gasteiger partial charge in [-0.05, 0) is 24.1 Å². The first-order valence-electron chi connectivity index (χ1n) is 6.28. The molecule has 0 atom stereocenters. The molecule has 0 saturated heterocycles. The summed E-state index contributed by atoms with van der Waals surface area (Å²) in [7, 11) is -2.35. The Labute approximate surface area is 133 Å². The quantitative estimate of drug-likeness (QED) is 0.864. The van der Waals surface area contributed by atoms with Crippen LogP contribution in [-0.2, 0) is 21.9 Å². The highest BCUT2D eigenvalue weighted by Gasteiger charge is 2.18. The van der Waals surface area contributed by atoms with Gasteiger partial charge < -0.3 is 0 Å². The maximum absolute atomic E-state index is 12.0. The third-order valence-corrected chi connectivity index (χ3v) is 4.50. The fourth-order valence-electron chi connectivity index (χ4n) is 1.81. The summed E-state index contributed by atoms with van der Waals surface area (Å²) in [5, 5.41) is 4.25. The van der Waals surface area contributed by atoms with Crippen molar-refractivity contribution in [3.05, 3.63) is 53.3 Å². The summed E-state index contributed by atoms with van der Waals surface area (Å²) in [5.74, 6) is -0.749. The molecule has 22 heavy (non-hydrogen) atoms. The van der Waals surface area contributed by atoms with Crippen molar-refractivity contribution in [3.8, 4) is 0 Å². The highest BCUT2D eigenvalue weighted by molar-refractivity contribution is 7.90. The number of amides is 1. The number of allylic oxidation sites excluding steroid dienone is 1. The van der Waals surface area contributed by atoms with Gasteiger partial charge in [-0.1, -0.05) is 29.8 Å². The number of benzene rings is 1. The number of sulfonamides is 1. The molecule has 0 bridgehead atoms. The normalized spacial score (nSPS) is 12.2. The van der Waals surface area contributed by atoms with E-state index in [-0.39, 0.29) is 4.90 Å². The Balaban J connectivity index is 2.19. The van der Waals surface area contributed by atoms with Crippen LogP contribution in [0.15, 0.2) is 47.6 Å². The molecule has 8 heteroatoms. The largest absolute Gasteiger partial charge is 0.274 e. The van der Waals surface area contributed by atoms with Gasteiger partial charge in [0.05, 0.1) is 6.20 Å². The van der Waals surface area contributed by atoms with Gasteiger partial charge >= 0.3 is 0 Å². The molecular formula is C14H14ClN3O3S. The SMILES string of the molecule is C/C(=C/C(=O)NS(=O)(=O)c1cnn(C)c1)c1ccccc1Cl. The van der Waals surface area contributed by atoms with Crippen LogP contribution in [0, 0.1) is 0 Å². The molecule has 0 fully saturated rings. The second-order valence-corrected chi connectivity index (χ2v) is 6.72. The van der Waals surface area contributed by atoms with Gasteiger partial charge in [0.25, 0.3) is 15.9 Å². The summed E-state index contributed by atoms with van der Waals surface area (Å²) in [6.07, 6.45) is 3.66. The van der Waals surface area contributed by atoms with E-state index in [1.165, 1.54) is 23.2 Å². The Hall–Kier alpha value is -2.12. The van der Waals surface area contributed by atoms with Gasteiger partial charge in [-0.3, -0.25) is 9.48 Å². The lowest BCUT2D eigenvalue weighted by Crippen LogP contribution is -2.29. The fourth-order valence-corrected chi connectivity index (χ4v) is 3.02. The summed E-state index contributed by atoms with van der Waals surface area (Å²) in [6.45, 7) is 1.68. The zero-order valence-corrected chi connectivity index (χ0v) is 13.5. The molecule has 0 aliphatic rings. The molecule has 2 aromatic rings. The van der Waals surface area contributed by atoms with E-state index in [4.69, 9.17) is 11.6 Å². The minimum atomic E-state index is -3.94. The predicted octanol–water partition coefficient (Wildman–Crippen LogP) is 1.98. The minimum Gasteiger partial charge on any atom is -0.274 e. The number of carbonyl (C=O) groups is 1. The molecule has 1 aromatic carbocycles. The number of aromatic nitrogens is 2. The van der Waals surface area contributed by atoms with Crippen LogP contribution >= 0.6 is 11.6 Å². The Bertz CT molecular complexity index is 841. The molecule has 0 aliphatic carbocycles. The van der Waals surface area contributed by atoms with Crippen molar-refractivity contribution in [2.45, 2.75) is 11.8 Å². The molecule has 1 amide bonds. The number of rotatable bonds is 4. The van der Waals surface area contributed by atoms with Crippen LogP contribution in [0.1, 0.15) is 12.5 Å². The van der Waals surface area contributed by atoms with Crippen molar-refractivity contribution < 1.29 is 13.2 Å². The van der Waals surface area contributed by atoms with Crippen molar-refractivity contribution >= 4 is 33.1 Å². The molecule has 0 radical (unpaired) electrons. The van der Waals surface area contributed by atoms with E-state index in [0.717, 1.165) is 0 Å². The lowest BCUT2D eigenvalue weighted by molar-refractivity contribution is -0.114. The van der Waals surface area contributed by atoms with Crippen molar-refractivity contribution in [2.24, 2.45) is 7.05 Å². The first-order valence-corrected chi connectivity index (χ1v) is 8.14. The summed E-state index contributed by atoms with van der Waals surface area (Å²) in [5.41, 5.74) is 1.22. The monoisotopic (exact) mass is 339 g/mol. The third-order valence-electron chi connectivity index (χ3n) is 2.87.